The number of carbonyl (C=O) groups is 1. The number of benzene rings is 1. The number of rotatable bonds is 4. The van der Waals surface area contributed by atoms with Crippen LogP contribution < -0.4 is 11.1 Å². The molecule has 1 aromatic carbocycles. The molecular weight excluding hydrogens is 236 g/mol. The van der Waals surface area contributed by atoms with Gasteiger partial charge in [-0.05, 0) is 29.9 Å². The van der Waals surface area contributed by atoms with E-state index in [1.165, 1.54) is 25.7 Å². The highest BCUT2D eigenvalue weighted by Gasteiger charge is 2.31. The topological polar surface area (TPSA) is 55.1 Å². The predicted octanol–water partition coefficient (Wildman–Crippen LogP) is 2.84. The van der Waals surface area contributed by atoms with Crippen molar-refractivity contribution in [3.63, 3.8) is 0 Å². The first-order valence-corrected chi connectivity index (χ1v) is 7.12. The summed E-state index contributed by atoms with van der Waals surface area (Å²) in [4.78, 5) is 11.4. The van der Waals surface area contributed by atoms with E-state index >= 15 is 0 Å². The Bertz CT molecular complexity index is 454. The molecule has 1 amide bonds. The molecule has 104 valence electrons. The van der Waals surface area contributed by atoms with Crippen LogP contribution in [0.15, 0.2) is 24.3 Å². The number of hydrogen-bond acceptors (Lipinski definition) is 2. The maximum atomic E-state index is 11.4. The molecule has 0 spiro atoms. The smallest absolute Gasteiger partial charge is 0.249 e. The molecule has 0 aliphatic heterocycles. The van der Waals surface area contributed by atoms with Gasteiger partial charge in [0.1, 0.15) is 0 Å². The van der Waals surface area contributed by atoms with Crippen LogP contribution in [-0.2, 0) is 6.54 Å². The van der Waals surface area contributed by atoms with E-state index in [0.717, 1.165) is 5.56 Å². The second-order valence-electron chi connectivity index (χ2n) is 6.19. The van der Waals surface area contributed by atoms with Gasteiger partial charge in [0.25, 0.3) is 0 Å². The van der Waals surface area contributed by atoms with Gasteiger partial charge in [-0.25, -0.2) is 0 Å². The number of carbonyl (C=O) groups excluding carboxylic acids is 1. The molecule has 0 saturated heterocycles. The van der Waals surface area contributed by atoms with Crippen molar-refractivity contribution < 1.29 is 4.79 Å². The molecule has 1 unspecified atom stereocenters. The molecule has 1 saturated carbocycles. The van der Waals surface area contributed by atoms with Gasteiger partial charge >= 0.3 is 0 Å². The van der Waals surface area contributed by atoms with E-state index in [9.17, 15) is 4.79 Å². The lowest BCUT2D eigenvalue weighted by atomic mass is 9.73. The van der Waals surface area contributed by atoms with Crippen LogP contribution in [-0.4, -0.2) is 11.9 Å². The van der Waals surface area contributed by atoms with Crippen molar-refractivity contribution in [3.05, 3.63) is 35.4 Å². The fraction of sp³-hybridized carbons (Fsp3) is 0.562. The summed E-state index contributed by atoms with van der Waals surface area (Å²) in [5, 5.41) is 3.62. The van der Waals surface area contributed by atoms with E-state index in [1.807, 2.05) is 18.2 Å². The number of nitrogens with two attached hydrogens (primary N) is 1. The molecule has 0 heterocycles. The molecule has 3 N–H and O–H groups in total. The third-order valence-corrected chi connectivity index (χ3v) is 4.33. The van der Waals surface area contributed by atoms with Gasteiger partial charge in [-0.1, -0.05) is 44.9 Å². The monoisotopic (exact) mass is 260 g/mol. The van der Waals surface area contributed by atoms with Crippen LogP contribution in [0, 0.1) is 5.41 Å². The Labute approximate surface area is 115 Å². The number of primary amides is 1. The van der Waals surface area contributed by atoms with Crippen LogP contribution in [0.5, 0.6) is 0 Å². The molecule has 0 radical (unpaired) electrons. The lowest BCUT2D eigenvalue weighted by Gasteiger charge is -2.39. The number of amides is 1. The molecule has 0 aromatic heterocycles. The normalized spacial score (nSPS) is 22.1. The van der Waals surface area contributed by atoms with Crippen molar-refractivity contribution in [2.75, 3.05) is 0 Å². The minimum Gasteiger partial charge on any atom is -0.366 e. The summed E-state index contributed by atoms with van der Waals surface area (Å²) < 4.78 is 0. The summed E-state index contributed by atoms with van der Waals surface area (Å²) >= 11 is 0. The van der Waals surface area contributed by atoms with E-state index in [0.29, 0.717) is 23.6 Å². The van der Waals surface area contributed by atoms with Gasteiger partial charge < -0.3 is 11.1 Å². The Balaban J connectivity index is 2.04. The summed E-state index contributed by atoms with van der Waals surface area (Å²) in [5.74, 6) is -0.347. The second-order valence-corrected chi connectivity index (χ2v) is 6.19. The van der Waals surface area contributed by atoms with Crippen LogP contribution in [0.25, 0.3) is 0 Å². The van der Waals surface area contributed by atoms with Crippen LogP contribution in [0.1, 0.15) is 55.5 Å². The standard InChI is InChI=1S/C16H24N2O/c1-16(2)10-6-5-9-14(16)18-11-12-7-3-4-8-13(12)15(17)19/h3-4,7-8,14,18H,5-6,9-11H2,1-2H3,(H2,17,19). The first-order chi connectivity index (χ1) is 9.00. The van der Waals surface area contributed by atoms with Gasteiger partial charge in [0, 0.05) is 18.2 Å². The van der Waals surface area contributed by atoms with Gasteiger partial charge in [0.05, 0.1) is 0 Å². The van der Waals surface area contributed by atoms with Crippen LogP contribution >= 0.6 is 0 Å². The van der Waals surface area contributed by atoms with E-state index in [1.54, 1.807) is 6.07 Å². The van der Waals surface area contributed by atoms with E-state index in [2.05, 4.69) is 19.2 Å². The van der Waals surface area contributed by atoms with Crippen molar-refractivity contribution in [1.29, 1.82) is 0 Å². The zero-order chi connectivity index (χ0) is 13.9. The zero-order valence-electron chi connectivity index (χ0n) is 11.9. The molecule has 1 aliphatic rings. The van der Waals surface area contributed by atoms with E-state index in [4.69, 9.17) is 5.73 Å². The largest absolute Gasteiger partial charge is 0.366 e. The van der Waals surface area contributed by atoms with Crippen molar-refractivity contribution in [3.8, 4) is 0 Å². The summed E-state index contributed by atoms with van der Waals surface area (Å²) in [5.41, 5.74) is 7.37. The van der Waals surface area contributed by atoms with Crippen LogP contribution in [0.4, 0.5) is 0 Å². The minimum absolute atomic E-state index is 0.333. The highest BCUT2D eigenvalue weighted by atomic mass is 16.1. The fourth-order valence-corrected chi connectivity index (χ4v) is 3.02. The Morgan fingerprint density at radius 3 is 2.79 bits per heavy atom. The van der Waals surface area contributed by atoms with Crippen molar-refractivity contribution in [2.24, 2.45) is 11.1 Å². The minimum atomic E-state index is -0.347. The molecule has 0 bridgehead atoms. The Kier molecular flexibility index (Phi) is 4.25. The van der Waals surface area contributed by atoms with Crippen molar-refractivity contribution in [1.82, 2.24) is 5.32 Å². The maximum Gasteiger partial charge on any atom is 0.249 e. The lowest BCUT2D eigenvalue weighted by Crippen LogP contribution is -2.43. The molecule has 3 nitrogen and oxygen atoms in total. The Morgan fingerprint density at radius 1 is 1.37 bits per heavy atom. The predicted molar refractivity (Wildman–Crippen MR) is 77.8 cm³/mol. The Hall–Kier alpha value is -1.35. The van der Waals surface area contributed by atoms with Gasteiger partial charge in [-0.15, -0.1) is 0 Å². The van der Waals surface area contributed by atoms with Crippen molar-refractivity contribution >= 4 is 5.91 Å². The average molecular weight is 260 g/mol. The first-order valence-electron chi connectivity index (χ1n) is 7.12. The van der Waals surface area contributed by atoms with Crippen LogP contribution in [0.3, 0.4) is 0 Å². The summed E-state index contributed by atoms with van der Waals surface area (Å²) in [7, 11) is 0. The summed E-state index contributed by atoms with van der Waals surface area (Å²) in [6, 6.07) is 8.10. The number of hydrogen-bond donors (Lipinski definition) is 2. The lowest BCUT2D eigenvalue weighted by molar-refractivity contribution is 0.0999. The first kappa shape index (κ1) is 14.1. The highest BCUT2D eigenvalue weighted by Crippen LogP contribution is 2.35. The quantitative estimate of drug-likeness (QED) is 0.874. The summed E-state index contributed by atoms with van der Waals surface area (Å²) in [6.07, 6.45) is 5.09. The fourth-order valence-electron chi connectivity index (χ4n) is 3.02. The molecule has 1 aliphatic carbocycles. The van der Waals surface area contributed by atoms with Gasteiger partial charge in [0.15, 0.2) is 0 Å². The molecule has 3 heteroatoms. The molecule has 1 atom stereocenters. The third-order valence-electron chi connectivity index (χ3n) is 4.33. The highest BCUT2D eigenvalue weighted by molar-refractivity contribution is 5.94. The molecule has 1 fully saturated rings. The molecule has 1 aromatic rings. The second kappa shape index (κ2) is 5.74. The molecule has 19 heavy (non-hydrogen) atoms. The SMILES string of the molecule is CC1(C)CCCCC1NCc1ccccc1C(N)=O. The average Bonchev–Trinajstić information content (AvgIpc) is 2.37. The van der Waals surface area contributed by atoms with Gasteiger partial charge in [0.2, 0.25) is 5.91 Å². The zero-order valence-corrected chi connectivity index (χ0v) is 11.9. The number of nitrogens with one attached hydrogen (secondary N) is 1. The Morgan fingerprint density at radius 2 is 2.11 bits per heavy atom. The molecular formula is C16H24N2O. The van der Waals surface area contributed by atoms with Crippen LogP contribution in [0.2, 0.25) is 0 Å². The van der Waals surface area contributed by atoms with E-state index < -0.39 is 0 Å². The molecule has 2 rings (SSSR count). The van der Waals surface area contributed by atoms with Crippen molar-refractivity contribution in [2.45, 2.75) is 52.1 Å². The van der Waals surface area contributed by atoms with Gasteiger partial charge in [-0.3, -0.25) is 4.79 Å². The third kappa shape index (κ3) is 3.35. The van der Waals surface area contributed by atoms with E-state index in [-0.39, 0.29) is 5.91 Å². The summed E-state index contributed by atoms with van der Waals surface area (Å²) in [6.45, 7) is 5.36. The van der Waals surface area contributed by atoms with Gasteiger partial charge in [-0.2, -0.15) is 0 Å². The maximum absolute atomic E-state index is 11.4.